The maximum absolute atomic E-state index is 12.5. The lowest BCUT2D eigenvalue weighted by atomic mass is 10.2. The average Bonchev–Trinajstić information content (AvgIpc) is 2.48. The van der Waals surface area contributed by atoms with E-state index in [0.717, 1.165) is 11.1 Å². The van der Waals surface area contributed by atoms with Crippen molar-refractivity contribution in [3.8, 4) is 5.75 Å². The monoisotopic (exact) mass is 335 g/mol. The van der Waals surface area contributed by atoms with Crippen LogP contribution in [0.2, 0.25) is 0 Å². The van der Waals surface area contributed by atoms with E-state index in [1.165, 1.54) is 0 Å². The van der Waals surface area contributed by atoms with Gasteiger partial charge in [0.25, 0.3) is 10.0 Å². The number of sulfonamides is 1. The summed E-state index contributed by atoms with van der Waals surface area (Å²) in [4.78, 5) is 0.281. The number of ether oxygens (including phenoxy) is 2. The van der Waals surface area contributed by atoms with E-state index in [9.17, 15) is 8.42 Å². The maximum Gasteiger partial charge on any atom is 0.262 e. The second-order valence-corrected chi connectivity index (χ2v) is 6.89. The predicted octanol–water partition coefficient (Wildman–Crippen LogP) is 3.13. The van der Waals surface area contributed by atoms with E-state index in [4.69, 9.17) is 9.47 Å². The van der Waals surface area contributed by atoms with Crippen molar-refractivity contribution in [2.75, 3.05) is 25.0 Å². The van der Waals surface area contributed by atoms with Crippen molar-refractivity contribution < 1.29 is 17.9 Å². The summed E-state index contributed by atoms with van der Waals surface area (Å²) < 4.78 is 37.9. The molecular formula is C17H21NO4S. The van der Waals surface area contributed by atoms with Crippen molar-refractivity contribution in [2.45, 2.75) is 18.7 Å². The van der Waals surface area contributed by atoms with Crippen LogP contribution >= 0.6 is 0 Å². The molecule has 124 valence electrons. The maximum atomic E-state index is 12.5. The zero-order valence-electron chi connectivity index (χ0n) is 13.5. The van der Waals surface area contributed by atoms with Gasteiger partial charge in [-0.25, -0.2) is 8.42 Å². The van der Waals surface area contributed by atoms with Crippen LogP contribution < -0.4 is 9.46 Å². The highest BCUT2D eigenvalue weighted by atomic mass is 32.2. The molecule has 0 aliphatic heterocycles. The topological polar surface area (TPSA) is 64.6 Å². The molecule has 2 rings (SSSR count). The minimum Gasteiger partial charge on any atom is -0.491 e. The quantitative estimate of drug-likeness (QED) is 0.790. The summed E-state index contributed by atoms with van der Waals surface area (Å²) in [6.45, 7) is 4.67. The molecule has 2 aromatic rings. The van der Waals surface area contributed by atoms with Gasteiger partial charge in [-0.2, -0.15) is 0 Å². The molecule has 2 aromatic carbocycles. The smallest absolute Gasteiger partial charge is 0.262 e. The van der Waals surface area contributed by atoms with E-state index >= 15 is 0 Å². The second kappa shape index (κ2) is 7.48. The van der Waals surface area contributed by atoms with E-state index in [2.05, 4.69) is 4.72 Å². The number of aryl methyl sites for hydroxylation is 2. The van der Waals surface area contributed by atoms with Gasteiger partial charge in [0.2, 0.25) is 0 Å². The zero-order chi connectivity index (χ0) is 16.9. The SMILES string of the molecule is COCCOc1ccc(NS(=O)(=O)c2ccc(C)cc2C)cc1. The van der Waals surface area contributed by atoms with E-state index in [1.807, 2.05) is 13.0 Å². The van der Waals surface area contributed by atoms with Gasteiger partial charge in [-0.05, 0) is 49.7 Å². The number of hydrogen-bond donors (Lipinski definition) is 1. The lowest BCUT2D eigenvalue weighted by molar-refractivity contribution is 0.146. The van der Waals surface area contributed by atoms with Gasteiger partial charge in [-0.3, -0.25) is 4.72 Å². The second-order valence-electron chi connectivity index (χ2n) is 5.24. The Bertz CT molecular complexity index is 755. The van der Waals surface area contributed by atoms with Gasteiger partial charge in [0, 0.05) is 12.8 Å². The molecule has 0 amide bonds. The molecule has 23 heavy (non-hydrogen) atoms. The fraction of sp³-hybridized carbons (Fsp3) is 0.294. The number of hydrogen-bond acceptors (Lipinski definition) is 4. The molecule has 0 radical (unpaired) electrons. The standard InChI is InChI=1S/C17H21NO4S/c1-13-4-9-17(14(2)12-13)23(19,20)18-15-5-7-16(8-6-15)22-11-10-21-3/h4-9,12,18H,10-11H2,1-3H3. The summed E-state index contributed by atoms with van der Waals surface area (Å²) in [5, 5.41) is 0. The van der Waals surface area contributed by atoms with E-state index in [-0.39, 0.29) is 4.90 Å². The summed E-state index contributed by atoms with van der Waals surface area (Å²) in [6.07, 6.45) is 0. The number of rotatable bonds is 7. The third-order valence-corrected chi connectivity index (χ3v) is 4.82. The first-order valence-corrected chi connectivity index (χ1v) is 8.72. The lowest BCUT2D eigenvalue weighted by Crippen LogP contribution is -2.14. The van der Waals surface area contributed by atoms with Crippen molar-refractivity contribution in [1.29, 1.82) is 0 Å². The van der Waals surface area contributed by atoms with Crippen molar-refractivity contribution in [2.24, 2.45) is 0 Å². The third-order valence-electron chi connectivity index (χ3n) is 3.28. The fourth-order valence-electron chi connectivity index (χ4n) is 2.17. The molecule has 0 bridgehead atoms. The Balaban J connectivity index is 2.11. The summed E-state index contributed by atoms with van der Waals surface area (Å²) in [5.74, 6) is 0.663. The van der Waals surface area contributed by atoms with Crippen LogP contribution in [-0.4, -0.2) is 28.7 Å². The minimum absolute atomic E-state index is 0.281. The molecule has 0 spiro atoms. The molecule has 0 aliphatic rings. The van der Waals surface area contributed by atoms with Gasteiger partial charge < -0.3 is 9.47 Å². The molecule has 0 saturated heterocycles. The molecule has 5 nitrogen and oxygen atoms in total. The summed E-state index contributed by atoms with van der Waals surface area (Å²) >= 11 is 0. The number of nitrogens with one attached hydrogen (secondary N) is 1. The van der Waals surface area contributed by atoms with E-state index in [1.54, 1.807) is 50.4 Å². The Morgan fingerprint density at radius 1 is 1.00 bits per heavy atom. The molecule has 0 aliphatic carbocycles. The molecule has 0 saturated carbocycles. The molecular weight excluding hydrogens is 314 g/mol. The molecule has 0 atom stereocenters. The summed E-state index contributed by atoms with van der Waals surface area (Å²) in [5.41, 5.74) is 2.24. The van der Waals surface area contributed by atoms with Crippen molar-refractivity contribution in [1.82, 2.24) is 0 Å². The molecule has 0 heterocycles. The van der Waals surface area contributed by atoms with Crippen LogP contribution in [0, 0.1) is 13.8 Å². The Labute approximate surface area is 137 Å². The van der Waals surface area contributed by atoms with Crippen LogP contribution in [0.3, 0.4) is 0 Å². The predicted molar refractivity (Wildman–Crippen MR) is 90.5 cm³/mol. The fourth-order valence-corrected chi connectivity index (χ4v) is 3.46. The Hall–Kier alpha value is -2.05. The highest BCUT2D eigenvalue weighted by molar-refractivity contribution is 7.92. The highest BCUT2D eigenvalue weighted by Gasteiger charge is 2.16. The molecule has 1 N–H and O–H groups in total. The Morgan fingerprint density at radius 3 is 2.30 bits per heavy atom. The lowest BCUT2D eigenvalue weighted by Gasteiger charge is -2.12. The van der Waals surface area contributed by atoms with E-state index < -0.39 is 10.0 Å². The van der Waals surface area contributed by atoms with Crippen molar-refractivity contribution in [3.05, 3.63) is 53.6 Å². The van der Waals surface area contributed by atoms with Crippen molar-refractivity contribution >= 4 is 15.7 Å². The van der Waals surface area contributed by atoms with Crippen LogP contribution in [0.4, 0.5) is 5.69 Å². The Kier molecular flexibility index (Phi) is 5.63. The highest BCUT2D eigenvalue weighted by Crippen LogP contribution is 2.22. The molecule has 6 heteroatoms. The third kappa shape index (κ3) is 4.71. The first-order valence-electron chi connectivity index (χ1n) is 7.24. The van der Waals surface area contributed by atoms with Gasteiger partial charge in [0.05, 0.1) is 11.5 Å². The van der Waals surface area contributed by atoms with E-state index in [0.29, 0.717) is 24.7 Å². The first kappa shape index (κ1) is 17.3. The molecule has 0 unspecified atom stereocenters. The van der Waals surface area contributed by atoms with Crippen LogP contribution in [0.5, 0.6) is 5.75 Å². The van der Waals surface area contributed by atoms with Gasteiger partial charge in [-0.15, -0.1) is 0 Å². The van der Waals surface area contributed by atoms with Gasteiger partial charge in [0.15, 0.2) is 0 Å². The number of benzene rings is 2. The van der Waals surface area contributed by atoms with Crippen LogP contribution in [0.1, 0.15) is 11.1 Å². The Morgan fingerprint density at radius 2 is 1.70 bits per heavy atom. The van der Waals surface area contributed by atoms with Gasteiger partial charge >= 0.3 is 0 Å². The summed E-state index contributed by atoms with van der Waals surface area (Å²) in [7, 11) is -2.00. The van der Waals surface area contributed by atoms with Crippen LogP contribution in [0.15, 0.2) is 47.4 Å². The van der Waals surface area contributed by atoms with Crippen LogP contribution in [-0.2, 0) is 14.8 Å². The first-order chi connectivity index (χ1) is 10.9. The average molecular weight is 335 g/mol. The largest absolute Gasteiger partial charge is 0.491 e. The normalized spacial score (nSPS) is 11.3. The van der Waals surface area contributed by atoms with Gasteiger partial charge in [-0.1, -0.05) is 17.7 Å². The van der Waals surface area contributed by atoms with Crippen LogP contribution in [0.25, 0.3) is 0 Å². The summed E-state index contributed by atoms with van der Waals surface area (Å²) in [6, 6.07) is 12.0. The number of anilines is 1. The molecule has 0 fully saturated rings. The number of methoxy groups -OCH3 is 1. The zero-order valence-corrected chi connectivity index (χ0v) is 14.3. The molecule has 0 aromatic heterocycles. The minimum atomic E-state index is -3.61. The van der Waals surface area contributed by atoms with Gasteiger partial charge in [0.1, 0.15) is 12.4 Å². The van der Waals surface area contributed by atoms with Crippen molar-refractivity contribution in [3.63, 3.8) is 0 Å².